The van der Waals surface area contributed by atoms with Crippen molar-refractivity contribution in [2.24, 2.45) is 0 Å². The third kappa shape index (κ3) is 2.02. The van der Waals surface area contributed by atoms with E-state index in [-0.39, 0.29) is 12.5 Å². The second-order valence-electron chi connectivity index (χ2n) is 4.87. The number of hydrogen-bond acceptors (Lipinski definition) is 3. The first-order chi connectivity index (χ1) is 10.2. The molecule has 2 unspecified atom stereocenters. The van der Waals surface area contributed by atoms with Gasteiger partial charge in [-0.2, -0.15) is 0 Å². The molecule has 1 fully saturated rings. The number of aromatic nitrogens is 2. The Labute approximate surface area is 124 Å². The number of halogens is 3. The van der Waals surface area contributed by atoms with Gasteiger partial charge in [0.1, 0.15) is 5.82 Å². The van der Waals surface area contributed by atoms with E-state index in [9.17, 15) is 8.78 Å². The highest BCUT2D eigenvalue weighted by Crippen LogP contribution is 2.42. The normalized spacial score (nSPS) is 22.7. The minimum atomic E-state index is -0.885. The zero-order valence-corrected chi connectivity index (χ0v) is 11.5. The third-order valence-electron chi connectivity index (χ3n) is 3.53. The third-order valence-corrected chi connectivity index (χ3v) is 3.80. The van der Waals surface area contributed by atoms with Gasteiger partial charge in [-0.05, 0) is 18.2 Å². The Kier molecular flexibility index (Phi) is 2.77. The van der Waals surface area contributed by atoms with Crippen molar-refractivity contribution < 1.29 is 13.5 Å². The topological polar surface area (TPSA) is 33.6 Å². The molecule has 3 heterocycles. The van der Waals surface area contributed by atoms with Gasteiger partial charge in [0.05, 0.1) is 11.6 Å². The number of imidazole rings is 1. The SMILES string of the molecule is Fc1ccc(N2C=Cc3nc(CCl)cn3C3OC32)cc1F. The van der Waals surface area contributed by atoms with E-state index in [0.29, 0.717) is 11.6 Å². The Bertz CT molecular complexity index is 746. The quantitative estimate of drug-likeness (QED) is 0.631. The van der Waals surface area contributed by atoms with E-state index in [0.717, 1.165) is 23.7 Å². The van der Waals surface area contributed by atoms with Crippen LogP contribution < -0.4 is 4.90 Å². The molecule has 2 aromatic rings. The molecule has 0 spiro atoms. The van der Waals surface area contributed by atoms with Gasteiger partial charge in [0, 0.05) is 24.2 Å². The fourth-order valence-electron chi connectivity index (χ4n) is 2.47. The van der Waals surface area contributed by atoms with Crippen LogP contribution in [-0.2, 0) is 10.6 Å². The minimum Gasteiger partial charge on any atom is -0.325 e. The van der Waals surface area contributed by atoms with E-state index in [1.807, 2.05) is 10.8 Å². The summed E-state index contributed by atoms with van der Waals surface area (Å²) in [5.41, 5.74) is 1.30. The summed E-state index contributed by atoms with van der Waals surface area (Å²) in [5.74, 6) is -0.698. The molecule has 0 radical (unpaired) electrons. The summed E-state index contributed by atoms with van der Waals surface area (Å²) in [6.07, 6.45) is 4.93. The number of hydrogen-bond donors (Lipinski definition) is 0. The number of epoxide rings is 1. The lowest BCUT2D eigenvalue weighted by Crippen LogP contribution is -2.20. The van der Waals surface area contributed by atoms with Gasteiger partial charge in [-0.3, -0.25) is 0 Å². The van der Waals surface area contributed by atoms with Crippen molar-refractivity contribution in [1.82, 2.24) is 9.55 Å². The molecular weight excluding hydrogens is 300 g/mol. The molecule has 108 valence electrons. The predicted octanol–water partition coefficient (Wildman–Crippen LogP) is 3.25. The fourth-order valence-corrected chi connectivity index (χ4v) is 2.59. The van der Waals surface area contributed by atoms with Gasteiger partial charge in [0.2, 0.25) is 0 Å². The molecule has 1 aromatic heterocycles. The second-order valence-corrected chi connectivity index (χ2v) is 5.14. The van der Waals surface area contributed by atoms with Crippen LogP contribution in [0.5, 0.6) is 0 Å². The maximum atomic E-state index is 13.4. The molecule has 21 heavy (non-hydrogen) atoms. The molecule has 7 heteroatoms. The van der Waals surface area contributed by atoms with Gasteiger partial charge >= 0.3 is 0 Å². The van der Waals surface area contributed by atoms with Crippen LogP contribution in [0.1, 0.15) is 17.7 Å². The molecule has 0 saturated carbocycles. The van der Waals surface area contributed by atoms with E-state index in [1.54, 1.807) is 17.2 Å². The van der Waals surface area contributed by atoms with Gasteiger partial charge in [-0.15, -0.1) is 11.6 Å². The number of ether oxygens (including phenoxy) is 1. The average Bonchev–Trinajstić information content (AvgIpc) is 3.17. The highest BCUT2D eigenvalue weighted by atomic mass is 35.5. The highest BCUT2D eigenvalue weighted by molar-refractivity contribution is 6.16. The monoisotopic (exact) mass is 309 g/mol. The Morgan fingerprint density at radius 2 is 2.10 bits per heavy atom. The summed E-state index contributed by atoms with van der Waals surface area (Å²) in [6.45, 7) is 0. The highest BCUT2D eigenvalue weighted by Gasteiger charge is 2.47. The van der Waals surface area contributed by atoms with Crippen LogP contribution in [0.4, 0.5) is 14.5 Å². The predicted molar refractivity (Wildman–Crippen MR) is 73.6 cm³/mol. The second kappa shape index (κ2) is 4.54. The van der Waals surface area contributed by atoms with Gasteiger partial charge in [-0.25, -0.2) is 13.8 Å². The van der Waals surface area contributed by atoms with Gasteiger partial charge in [0.15, 0.2) is 24.1 Å². The first-order valence-corrected chi connectivity index (χ1v) is 6.91. The molecular formula is C14H10ClF2N3O. The van der Waals surface area contributed by atoms with Gasteiger partial charge < -0.3 is 14.2 Å². The molecule has 1 saturated heterocycles. The molecule has 0 N–H and O–H groups in total. The average molecular weight is 310 g/mol. The molecule has 2 aliphatic rings. The first kappa shape index (κ1) is 12.8. The van der Waals surface area contributed by atoms with Crippen LogP contribution in [-0.4, -0.2) is 15.8 Å². The molecule has 0 bridgehead atoms. The summed E-state index contributed by atoms with van der Waals surface area (Å²) >= 11 is 5.78. The Balaban J connectivity index is 1.71. The van der Waals surface area contributed by atoms with E-state index in [1.165, 1.54) is 6.07 Å². The summed E-state index contributed by atoms with van der Waals surface area (Å²) in [7, 11) is 0. The Morgan fingerprint density at radius 3 is 2.86 bits per heavy atom. The van der Waals surface area contributed by atoms with Crippen molar-refractivity contribution in [3.05, 3.63) is 53.7 Å². The van der Waals surface area contributed by atoms with Crippen LogP contribution in [0, 0.1) is 11.6 Å². The van der Waals surface area contributed by atoms with E-state index < -0.39 is 11.6 Å². The zero-order chi connectivity index (χ0) is 14.6. The fraction of sp³-hybridized carbons (Fsp3) is 0.214. The van der Waals surface area contributed by atoms with Crippen LogP contribution >= 0.6 is 11.6 Å². The maximum Gasteiger partial charge on any atom is 0.183 e. The largest absolute Gasteiger partial charge is 0.325 e. The summed E-state index contributed by atoms with van der Waals surface area (Å²) in [5, 5.41) is 0. The molecule has 2 aliphatic heterocycles. The zero-order valence-electron chi connectivity index (χ0n) is 10.7. The summed E-state index contributed by atoms with van der Waals surface area (Å²) < 4.78 is 33.9. The standard InChI is InChI=1S/C14H10ClF2N3O/c15-6-8-7-20-12(18-8)3-4-19(13-14(20)21-13)9-1-2-10(16)11(17)5-9/h1-5,7,13-14H,6H2. The lowest BCUT2D eigenvalue weighted by molar-refractivity contribution is 0.330. The van der Waals surface area contributed by atoms with Crippen molar-refractivity contribution >= 4 is 23.4 Å². The minimum absolute atomic E-state index is 0.201. The first-order valence-electron chi connectivity index (χ1n) is 6.38. The molecule has 0 aliphatic carbocycles. The van der Waals surface area contributed by atoms with Crippen molar-refractivity contribution in [1.29, 1.82) is 0 Å². The van der Waals surface area contributed by atoms with Crippen LogP contribution in [0.25, 0.3) is 6.08 Å². The van der Waals surface area contributed by atoms with Crippen molar-refractivity contribution in [2.75, 3.05) is 4.90 Å². The molecule has 4 nitrogen and oxygen atoms in total. The Morgan fingerprint density at radius 1 is 1.24 bits per heavy atom. The lowest BCUT2D eigenvalue weighted by Gasteiger charge is -2.17. The molecule has 1 aromatic carbocycles. The maximum absolute atomic E-state index is 13.4. The van der Waals surface area contributed by atoms with E-state index in [4.69, 9.17) is 16.3 Å². The number of benzene rings is 1. The number of rotatable bonds is 2. The number of nitrogens with zero attached hydrogens (tertiary/aromatic N) is 3. The summed E-state index contributed by atoms with van der Waals surface area (Å²) in [6, 6.07) is 3.77. The molecule has 2 atom stereocenters. The Hall–Kier alpha value is -1.92. The van der Waals surface area contributed by atoms with Crippen LogP contribution in [0.15, 0.2) is 30.6 Å². The van der Waals surface area contributed by atoms with Crippen LogP contribution in [0.2, 0.25) is 0 Å². The summed E-state index contributed by atoms with van der Waals surface area (Å²) in [4.78, 5) is 6.12. The number of anilines is 1. The van der Waals surface area contributed by atoms with E-state index >= 15 is 0 Å². The molecule has 0 amide bonds. The number of alkyl halides is 1. The molecule has 4 rings (SSSR count). The number of fused-ring (bicyclic) bond motifs is 3. The van der Waals surface area contributed by atoms with Crippen molar-refractivity contribution in [3.8, 4) is 0 Å². The van der Waals surface area contributed by atoms with E-state index in [2.05, 4.69) is 4.98 Å². The smallest absolute Gasteiger partial charge is 0.183 e. The lowest BCUT2D eigenvalue weighted by atomic mass is 10.2. The van der Waals surface area contributed by atoms with Gasteiger partial charge in [-0.1, -0.05) is 0 Å². The van der Waals surface area contributed by atoms with Crippen LogP contribution in [0.3, 0.4) is 0 Å². The van der Waals surface area contributed by atoms with Crippen molar-refractivity contribution in [3.63, 3.8) is 0 Å². The van der Waals surface area contributed by atoms with Gasteiger partial charge in [0.25, 0.3) is 0 Å². The van der Waals surface area contributed by atoms with Crippen molar-refractivity contribution in [2.45, 2.75) is 18.3 Å².